The molecule has 0 aromatic rings. The van der Waals surface area contributed by atoms with Crippen LogP contribution in [0.2, 0.25) is 0 Å². The molecule has 0 spiro atoms. The molecule has 0 aliphatic heterocycles. The van der Waals surface area contributed by atoms with Gasteiger partial charge in [0.2, 0.25) is 0 Å². The van der Waals surface area contributed by atoms with Crippen LogP contribution >= 0.6 is 0 Å². The Hall–Kier alpha value is -1.59. The van der Waals surface area contributed by atoms with Gasteiger partial charge < -0.3 is 14.2 Å². The topological polar surface area (TPSA) is 78.9 Å². The number of carbonyl (C=O) groups excluding carboxylic acids is 3. The lowest BCUT2D eigenvalue weighted by Crippen LogP contribution is -2.30. The van der Waals surface area contributed by atoms with Crippen molar-refractivity contribution in [3.63, 3.8) is 0 Å². The number of ether oxygens (including phenoxy) is 3. The second kappa shape index (κ2) is 45.1. The Labute approximate surface area is 342 Å². The zero-order valence-corrected chi connectivity index (χ0v) is 37.2. The molecular formula is C49H94O6. The maximum atomic E-state index is 12.7. The third-order valence-corrected chi connectivity index (χ3v) is 11.1. The van der Waals surface area contributed by atoms with Crippen LogP contribution in [0.5, 0.6) is 0 Å². The van der Waals surface area contributed by atoms with Crippen LogP contribution < -0.4 is 0 Å². The lowest BCUT2D eigenvalue weighted by Gasteiger charge is -2.18. The van der Waals surface area contributed by atoms with Crippen LogP contribution in [0.25, 0.3) is 0 Å². The van der Waals surface area contributed by atoms with Crippen molar-refractivity contribution in [2.75, 3.05) is 13.2 Å². The summed E-state index contributed by atoms with van der Waals surface area (Å²) in [6.45, 7) is 6.66. The molecule has 1 unspecified atom stereocenters. The third kappa shape index (κ3) is 43.4. The molecule has 1 atom stereocenters. The highest BCUT2D eigenvalue weighted by Crippen LogP contribution is 2.16. The zero-order valence-electron chi connectivity index (χ0n) is 37.2. The molecule has 0 aromatic heterocycles. The summed E-state index contributed by atoms with van der Waals surface area (Å²) in [6.07, 6.45) is 46.5. The van der Waals surface area contributed by atoms with Gasteiger partial charge in [-0.2, -0.15) is 0 Å². The van der Waals surface area contributed by atoms with Gasteiger partial charge in [-0.15, -0.1) is 0 Å². The van der Waals surface area contributed by atoms with Gasteiger partial charge in [0.1, 0.15) is 13.2 Å². The van der Waals surface area contributed by atoms with Gasteiger partial charge in [-0.3, -0.25) is 14.4 Å². The lowest BCUT2D eigenvalue weighted by atomic mass is 10.0. The van der Waals surface area contributed by atoms with E-state index in [0.29, 0.717) is 19.3 Å². The average molecular weight is 779 g/mol. The van der Waals surface area contributed by atoms with E-state index in [2.05, 4.69) is 20.8 Å². The van der Waals surface area contributed by atoms with E-state index in [-0.39, 0.29) is 31.1 Å². The predicted octanol–water partition coefficient (Wildman–Crippen LogP) is 15.6. The summed E-state index contributed by atoms with van der Waals surface area (Å²) in [5, 5.41) is 0. The summed E-state index contributed by atoms with van der Waals surface area (Å²) < 4.78 is 16.8. The Morgan fingerprint density at radius 1 is 0.291 bits per heavy atom. The normalized spacial score (nSPS) is 11.8. The molecule has 0 aliphatic rings. The quantitative estimate of drug-likeness (QED) is 0.0348. The van der Waals surface area contributed by atoms with Crippen LogP contribution in [-0.4, -0.2) is 37.2 Å². The first-order chi connectivity index (χ1) is 27.0. The van der Waals surface area contributed by atoms with Crippen molar-refractivity contribution in [3.05, 3.63) is 0 Å². The van der Waals surface area contributed by atoms with Crippen LogP contribution in [-0.2, 0) is 28.6 Å². The van der Waals surface area contributed by atoms with Crippen molar-refractivity contribution in [1.82, 2.24) is 0 Å². The highest BCUT2D eigenvalue weighted by atomic mass is 16.6. The van der Waals surface area contributed by atoms with Crippen molar-refractivity contribution in [1.29, 1.82) is 0 Å². The molecule has 6 heteroatoms. The van der Waals surface area contributed by atoms with Gasteiger partial charge in [-0.05, 0) is 19.3 Å². The van der Waals surface area contributed by atoms with Crippen LogP contribution in [0.3, 0.4) is 0 Å². The van der Waals surface area contributed by atoms with Gasteiger partial charge in [0.05, 0.1) is 0 Å². The van der Waals surface area contributed by atoms with Crippen LogP contribution in [0.15, 0.2) is 0 Å². The average Bonchev–Trinajstić information content (AvgIpc) is 3.18. The molecule has 0 radical (unpaired) electrons. The zero-order chi connectivity index (χ0) is 40.1. The monoisotopic (exact) mass is 779 g/mol. The molecule has 0 bridgehead atoms. The van der Waals surface area contributed by atoms with Crippen molar-refractivity contribution in [3.8, 4) is 0 Å². The molecule has 326 valence electrons. The van der Waals surface area contributed by atoms with E-state index in [1.807, 2.05) is 0 Å². The van der Waals surface area contributed by atoms with Crippen LogP contribution in [0, 0.1) is 0 Å². The number of hydrogen-bond acceptors (Lipinski definition) is 6. The van der Waals surface area contributed by atoms with Gasteiger partial charge in [0, 0.05) is 19.3 Å². The molecule has 6 nitrogen and oxygen atoms in total. The lowest BCUT2D eigenvalue weighted by molar-refractivity contribution is -0.167. The molecule has 55 heavy (non-hydrogen) atoms. The Morgan fingerprint density at radius 2 is 0.491 bits per heavy atom. The fourth-order valence-electron chi connectivity index (χ4n) is 7.38. The standard InChI is InChI=1S/C49H94O6/c1-4-7-10-13-16-19-22-25-28-30-33-36-39-42-48(51)54-45-46(55-49(52)43-40-37-34-31-27-24-21-18-15-12-9-6-3)44-53-47(50)41-38-35-32-29-26-23-20-17-14-11-8-5-2/h46H,4-45H2,1-3H3. The molecular weight excluding hydrogens is 685 g/mol. The first-order valence-corrected chi connectivity index (χ1v) is 24.5. The fourth-order valence-corrected chi connectivity index (χ4v) is 7.38. The number of rotatable bonds is 45. The highest BCUT2D eigenvalue weighted by Gasteiger charge is 2.19. The molecule has 0 fully saturated rings. The summed E-state index contributed by atoms with van der Waals surface area (Å²) in [6, 6.07) is 0. The molecule has 0 aromatic carbocycles. The second-order valence-corrected chi connectivity index (χ2v) is 16.7. The van der Waals surface area contributed by atoms with Crippen LogP contribution in [0.1, 0.15) is 278 Å². The van der Waals surface area contributed by atoms with Gasteiger partial charge in [0.25, 0.3) is 0 Å². The molecule has 0 aliphatic carbocycles. The minimum absolute atomic E-state index is 0.0622. The SMILES string of the molecule is CCCCCCCCCCCCCCCC(=O)OCC(COC(=O)CCCCCCCCCCCCCC)OC(=O)CCCCCCCCCCCCCC. The highest BCUT2D eigenvalue weighted by molar-refractivity contribution is 5.71. The molecule has 0 rings (SSSR count). The van der Waals surface area contributed by atoms with Crippen molar-refractivity contribution in [2.24, 2.45) is 0 Å². The Bertz CT molecular complexity index is 813. The molecule has 0 saturated carbocycles. The number of unbranched alkanes of at least 4 members (excludes halogenated alkanes) is 34. The molecule has 0 amide bonds. The van der Waals surface area contributed by atoms with E-state index in [1.165, 1.54) is 180 Å². The van der Waals surface area contributed by atoms with E-state index in [0.717, 1.165) is 57.8 Å². The van der Waals surface area contributed by atoms with Crippen molar-refractivity contribution in [2.45, 2.75) is 284 Å². The Balaban J connectivity index is 4.31. The third-order valence-electron chi connectivity index (χ3n) is 11.1. The molecule has 0 N–H and O–H groups in total. The summed E-state index contributed by atoms with van der Waals surface area (Å²) in [7, 11) is 0. The van der Waals surface area contributed by atoms with Gasteiger partial charge in [-0.1, -0.05) is 239 Å². The minimum atomic E-state index is -0.758. The number of esters is 3. The van der Waals surface area contributed by atoms with Crippen molar-refractivity contribution >= 4 is 17.9 Å². The fraction of sp³-hybridized carbons (Fsp3) is 0.939. The van der Waals surface area contributed by atoms with E-state index in [9.17, 15) is 14.4 Å². The molecule has 0 heterocycles. The Morgan fingerprint density at radius 3 is 0.727 bits per heavy atom. The second-order valence-electron chi connectivity index (χ2n) is 16.7. The first-order valence-electron chi connectivity index (χ1n) is 24.5. The van der Waals surface area contributed by atoms with E-state index >= 15 is 0 Å². The first kappa shape index (κ1) is 53.4. The predicted molar refractivity (Wildman–Crippen MR) is 233 cm³/mol. The van der Waals surface area contributed by atoms with Gasteiger partial charge >= 0.3 is 17.9 Å². The van der Waals surface area contributed by atoms with E-state index in [4.69, 9.17) is 14.2 Å². The van der Waals surface area contributed by atoms with Crippen LogP contribution in [0.4, 0.5) is 0 Å². The largest absolute Gasteiger partial charge is 0.462 e. The van der Waals surface area contributed by atoms with E-state index in [1.54, 1.807) is 0 Å². The Kier molecular flexibility index (Phi) is 43.8. The van der Waals surface area contributed by atoms with Gasteiger partial charge in [-0.25, -0.2) is 0 Å². The minimum Gasteiger partial charge on any atom is -0.462 e. The summed E-state index contributed by atoms with van der Waals surface area (Å²) in [5.41, 5.74) is 0. The smallest absolute Gasteiger partial charge is 0.306 e. The maximum Gasteiger partial charge on any atom is 0.306 e. The summed E-state index contributed by atoms with van der Waals surface area (Å²) in [5.74, 6) is -0.845. The molecule has 0 saturated heterocycles. The number of carbonyl (C=O) groups is 3. The van der Waals surface area contributed by atoms with Gasteiger partial charge in [0.15, 0.2) is 6.10 Å². The summed E-state index contributed by atoms with van der Waals surface area (Å²) in [4.78, 5) is 37.8. The number of hydrogen-bond donors (Lipinski definition) is 0. The van der Waals surface area contributed by atoms with E-state index < -0.39 is 6.10 Å². The van der Waals surface area contributed by atoms with Crippen molar-refractivity contribution < 1.29 is 28.6 Å². The summed E-state index contributed by atoms with van der Waals surface area (Å²) >= 11 is 0. The maximum absolute atomic E-state index is 12.7.